The number of benzene rings is 2. The molecule has 7 nitrogen and oxygen atoms in total. The predicted molar refractivity (Wildman–Crippen MR) is 104 cm³/mol. The Balaban J connectivity index is 1.64. The van der Waals surface area contributed by atoms with E-state index in [1.165, 1.54) is 12.1 Å². The highest BCUT2D eigenvalue weighted by atomic mass is 19.1. The number of hydrogen-bond donors (Lipinski definition) is 3. The molecule has 2 amide bonds. The largest absolute Gasteiger partial charge is 0.481 e. The molecule has 1 saturated heterocycles. The molecule has 0 saturated carbocycles. The summed E-state index contributed by atoms with van der Waals surface area (Å²) in [5.74, 6) is -1.31. The second kappa shape index (κ2) is 9.18. The van der Waals surface area contributed by atoms with Crippen molar-refractivity contribution in [3.05, 3.63) is 53.8 Å². The van der Waals surface area contributed by atoms with E-state index in [1.807, 2.05) is 4.90 Å². The zero-order valence-electron chi connectivity index (χ0n) is 15.3. The third kappa shape index (κ3) is 5.68. The van der Waals surface area contributed by atoms with Crippen LogP contribution in [0.5, 0.6) is 0 Å². The molecule has 0 atom stereocenters. The number of morpholine rings is 1. The summed E-state index contributed by atoms with van der Waals surface area (Å²) < 4.78 is 19.3. The minimum atomic E-state index is -0.877. The van der Waals surface area contributed by atoms with Crippen molar-refractivity contribution >= 4 is 29.1 Å². The summed E-state index contributed by atoms with van der Waals surface area (Å²) >= 11 is 0. The molecule has 2 aromatic carbocycles. The number of aliphatic carboxylic acids is 1. The van der Waals surface area contributed by atoms with E-state index in [2.05, 4.69) is 10.6 Å². The van der Waals surface area contributed by atoms with Crippen LogP contribution in [-0.2, 0) is 16.0 Å². The molecule has 1 aliphatic heterocycles. The van der Waals surface area contributed by atoms with E-state index in [0.717, 1.165) is 5.56 Å². The number of anilines is 3. The number of carbonyl (C=O) groups excluding carboxylic acids is 1. The topological polar surface area (TPSA) is 90.9 Å². The minimum absolute atomic E-state index is 0.0171. The van der Waals surface area contributed by atoms with Gasteiger partial charge in [-0.2, -0.15) is 0 Å². The van der Waals surface area contributed by atoms with Crippen molar-refractivity contribution in [2.75, 3.05) is 41.8 Å². The van der Waals surface area contributed by atoms with Gasteiger partial charge in [-0.15, -0.1) is 0 Å². The van der Waals surface area contributed by atoms with E-state index < -0.39 is 17.8 Å². The molecule has 3 N–H and O–H groups in total. The maximum atomic E-state index is 14.0. The van der Waals surface area contributed by atoms with E-state index in [1.54, 1.807) is 30.3 Å². The number of ether oxygens (including phenoxy) is 1. The van der Waals surface area contributed by atoms with Crippen LogP contribution in [0.25, 0.3) is 0 Å². The maximum Gasteiger partial charge on any atom is 0.323 e. The van der Waals surface area contributed by atoms with Crippen molar-refractivity contribution in [2.24, 2.45) is 0 Å². The van der Waals surface area contributed by atoms with Crippen LogP contribution in [0.3, 0.4) is 0 Å². The van der Waals surface area contributed by atoms with Gasteiger partial charge in [-0.1, -0.05) is 12.1 Å². The number of halogens is 1. The molecule has 0 aromatic heterocycles. The van der Waals surface area contributed by atoms with Crippen LogP contribution in [-0.4, -0.2) is 43.4 Å². The lowest BCUT2D eigenvalue weighted by Gasteiger charge is -2.29. The molecular weight excluding hydrogens is 365 g/mol. The van der Waals surface area contributed by atoms with Gasteiger partial charge in [-0.25, -0.2) is 9.18 Å². The Labute approximate surface area is 162 Å². The number of nitrogens with zero attached hydrogens (tertiary/aromatic N) is 1. The highest BCUT2D eigenvalue weighted by Gasteiger charge is 2.14. The SMILES string of the molecule is O=C(O)CCc1cccc(NC(=O)Nc2cc(F)cc(N3CCOCC3)c2)c1. The monoisotopic (exact) mass is 387 g/mol. The average molecular weight is 387 g/mol. The standard InChI is InChI=1S/C20H22FN3O4/c21-15-11-17(13-18(12-15)24-6-8-28-9-7-24)23-20(27)22-16-3-1-2-14(10-16)4-5-19(25)26/h1-3,10-13H,4-9H2,(H,25,26)(H2,22,23,27). The molecule has 28 heavy (non-hydrogen) atoms. The smallest absolute Gasteiger partial charge is 0.323 e. The van der Waals surface area contributed by atoms with Gasteiger partial charge >= 0.3 is 12.0 Å². The zero-order chi connectivity index (χ0) is 19.9. The van der Waals surface area contributed by atoms with Crippen molar-refractivity contribution in [3.63, 3.8) is 0 Å². The number of carboxylic acids is 1. The zero-order valence-corrected chi connectivity index (χ0v) is 15.3. The second-order valence-corrected chi connectivity index (χ2v) is 6.47. The van der Waals surface area contributed by atoms with Crippen molar-refractivity contribution < 1.29 is 23.8 Å². The Hall–Kier alpha value is -3.13. The van der Waals surface area contributed by atoms with E-state index in [-0.39, 0.29) is 6.42 Å². The van der Waals surface area contributed by atoms with Crippen LogP contribution < -0.4 is 15.5 Å². The number of hydrogen-bond acceptors (Lipinski definition) is 4. The number of rotatable bonds is 6. The van der Waals surface area contributed by atoms with Crippen LogP contribution in [0, 0.1) is 5.82 Å². The number of urea groups is 1. The lowest BCUT2D eigenvalue weighted by molar-refractivity contribution is -0.136. The maximum absolute atomic E-state index is 14.0. The van der Waals surface area contributed by atoms with Crippen LogP contribution >= 0.6 is 0 Å². The van der Waals surface area contributed by atoms with Gasteiger partial charge in [0.2, 0.25) is 0 Å². The van der Waals surface area contributed by atoms with Gasteiger partial charge in [0.15, 0.2) is 0 Å². The van der Waals surface area contributed by atoms with Crippen LogP contribution in [0.1, 0.15) is 12.0 Å². The fourth-order valence-electron chi connectivity index (χ4n) is 3.00. The number of amides is 2. The van der Waals surface area contributed by atoms with Gasteiger partial charge in [-0.05, 0) is 42.3 Å². The molecule has 148 valence electrons. The molecule has 3 rings (SSSR count). The fourth-order valence-corrected chi connectivity index (χ4v) is 3.00. The summed E-state index contributed by atoms with van der Waals surface area (Å²) in [5, 5.41) is 14.1. The minimum Gasteiger partial charge on any atom is -0.481 e. The molecule has 0 bridgehead atoms. The van der Waals surface area contributed by atoms with Crippen LogP contribution in [0.2, 0.25) is 0 Å². The first-order valence-corrected chi connectivity index (χ1v) is 9.01. The Morgan fingerprint density at radius 2 is 1.82 bits per heavy atom. The third-order valence-corrected chi connectivity index (χ3v) is 4.33. The molecule has 2 aromatic rings. The van der Waals surface area contributed by atoms with E-state index >= 15 is 0 Å². The highest BCUT2D eigenvalue weighted by Crippen LogP contribution is 2.23. The Morgan fingerprint density at radius 1 is 1.07 bits per heavy atom. The van der Waals surface area contributed by atoms with Gasteiger partial charge in [-0.3, -0.25) is 4.79 Å². The Morgan fingerprint density at radius 3 is 2.57 bits per heavy atom. The van der Waals surface area contributed by atoms with Crippen molar-refractivity contribution in [2.45, 2.75) is 12.8 Å². The van der Waals surface area contributed by atoms with Crippen LogP contribution in [0.4, 0.5) is 26.2 Å². The molecule has 0 radical (unpaired) electrons. The molecule has 1 fully saturated rings. The summed E-state index contributed by atoms with van der Waals surface area (Å²) in [4.78, 5) is 25.0. The second-order valence-electron chi connectivity index (χ2n) is 6.47. The van der Waals surface area contributed by atoms with E-state index in [4.69, 9.17) is 9.84 Å². The van der Waals surface area contributed by atoms with Crippen molar-refractivity contribution in [3.8, 4) is 0 Å². The quantitative estimate of drug-likeness (QED) is 0.707. The predicted octanol–water partition coefficient (Wildman–Crippen LogP) is 3.32. The lowest BCUT2D eigenvalue weighted by Crippen LogP contribution is -2.36. The molecule has 1 heterocycles. The normalized spacial score (nSPS) is 13.8. The number of carbonyl (C=O) groups is 2. The molecule has 1 aliphatic rings. The number of nitrogens with one attached hydrogen (secondary N) is 2. The van der Waals surface area contributed by atoms with Gasteiger partial charge in [0.1, 0.15) is 5.82 Å². The molecule has 0 spiro atoms. The van der Waals surface area contributed by atoms with Crippen molar-refractivity contribution in [1.82, 2.24) is 0 Å². The number of aryl methyl sites for hydroxylation is 1. The van der Waals surface area contributed by atoms with Gasteiger partial charge < -0.3 is 25.4 Å². The summed E-state index contributed by atoms with van der Waals surface area (Å²) in [6.07, 6.45) is 0.391. The highest BCUT2D eigenvalue weighted by molar-refractivity contribution is 6.00. The molecule has 0 aliphatic carbocycles. The first-order valence-electron chi connectivity index (χ1n) is 9.01. The van der Waals surface area contributed by atoms with Gasteiger partial charge in [0.25, 0.3) is 0 Å². The first-order chi connectivity index (χ1) is 13.5. The molecule has 8 heteroatoms. The number of carboxylic acid groups (broad SMARTS) is 1. The lowest BCUT2D eigenvalue weighted by atomic mass is 10.1. The van der Waals surface area contributed by atoms with Crippen molar-refractivity contribution in [1.29, 1.82) is 0 Å². The summed E-state index contributed by atoms with van der Waals surface area (Å²) in [5.41, 5.74) is 2.38. The Kier molecular flexibility index (Phi) is 6.44. The first kappa shape index (κ1) is 19.6. The van der Waals surface area contributed by atoms with Gasteiger partial charge in [0, 0.05) is 36.6 Å². The van der Waals surface area contributed by atoms with E-state index in [9.17, 15) is 14.0 Å². The van der Waals surface area contributed by atoms with Crippen LogP contribution in [0.15, 0.2) is 42.5 Å². The molecular formula is C20H22FN3O4. The van der Waals surface area contributed by atoms with E-state index in [0.29, 0.717) is 49.8 Å². The molecule has 0 unspecified atom stereocenters. The summed E-state index contributed by atoms with van der Waals surface area (Å²) in [6, 6.07) is 10.9. The Bertz CT molecular complexity index is 853. The summed E-state index contributed by atoms with van der Waals surface area (Å²) in [7, 11) is 0. The average Bonchev–Trinajstić information content (AvgIpc) is 2.67. The third-order valence-electron chi connectivity index (χ3n) is 4.33. The summed E-state index contributed by atoms with van der Waals surface area (Å²) in [6.45, 7) is 2.49. The fraction of sp³-hybridized carbons (Fsp3) is 0.300. The van der Waals surface area contributed by atoms with Gasteiger partial charge in [0.05, 0.1) is 13.2 Å².